The summed E-state index contributed by atoms with van der Waals surface area (Å²) in [5.41, 5.74) is 3.81. The molecule has 0 aliphatic heterocycles. The van der Waals surface area contributed by atoms with Gasteiger partial charge in [-0.3, -0.25) is 5.10 Å². The summed E-state index contributed by atoms with van der Waals surface area (Å²) < 4.78 is 5.50. The van der Waals surface area contributed by atoms with Crippen LogP contribution in [0.5, 0.6) is 5.75 Å². The number of rotatable bonds is 6. The molecule has 3 aromatic rings. The first-order valence-electron chi connectivity index (χ1n) is 8.49. The van der Waals surface area contributed by atoms with Crippen LogP contribution in [0.25, 0.3) is 11.1 Å². The lowest BCUT2D eigenvalue weighted by Gasteiger charge is -2.18. The summed E-state index contributed by atoms with van der Waals surface area (Å²) in [6.07, 6.45) is 3.59. The largest absolute Gasteiger partial charge is 0.494 e. The third-order valence-electron chi connectivity index (χ3n) is 3.94. The maximum Gasteiger partial charge on any atom is 0.321 e. The Hall–Kier alpha value is -3.28. The zero-order chi connectivity index (χ0) is 18.4. The standard InChI is InChI=1S/C20H22N4O2/c1-3-26-19-6-4-5-15(11-19)14-24(2)20(25)23-18-9-7-16(8-10-18)17-12-21-22-13-17/h4-13H,3,14H2,1-2H3,(H,21,22)(H,23,25). The molecule has 0 fully saturated rings. The Morgan fingerprint density at radius 1 is 1.19 bits per heavy atom. The van der Waals surface area contributed by atoms with E-state index in [4.69, 9.17) is 4.74 Å². The molecule has 134 valence electrons. The van der Waals surface area contributed by atoms with Gasteiger partial charge in [-0.25, -0.2) is 4.79 Å². The molecule has 0 bridgehead atoms. The summed E-state index contributed by atoms with van der Waals surface area (Å²) in [4.78, 5) is 14.0. The van der Waals surface area contributed by atoms with Crippen LogP contribution < -0.4 is 10.1 Å². The highest BCUT2D eigenvalue weighted by Crippen LogP contribution is 2.20. The lowest BCUT2D eigenvalue weighted by Crippen LogP contribution is -2.30. The summed E-state index contributed by atoms with van der Waals surface area (Å²) in [6.45, 7) is 3.07. The van der Waals surface area contributed by atoms with Crippen molar-refractivity contribution in [2.75, 3.05) is 19.0 Å². The zero-order valence-corrected chi connectivity index (χ0v) is 14.9. The monoisotopic (exact) mass is 350 g/mol. The molecule has 0 aliphatic rings. The molecule has 0 aliphatic carbocycles. The predicted molar refractivity (Wildman–Crippen MR) is 102 cm³/mol. The molecule has 0 saturated heterocycles. The van der Waals surface area contributed by atoms with Gasteiger partial charge in [-0.05, 0) is 42.3 Å². The van der Waals surface area contributed by atoms with Crippen molar-refractivity contribution in [3.63, 3.8) is 0 Å². The highest BCUT2D eigenvalue weighted by atomic mass is 16.5. The molecule has 26 heavy (non-hydrogen) atoms. The molecular weight excluding hydrogens is 328 g/mol. The van der Waals surface area contributed by atoms with Gasteiger partial charge in [0.25, 0.3) is 0 Å². The Morgan fingerprint density at radius 3 is 2.69 bits per heavy atom. The molecule has 0 unspecified atom stereocenters. The number of aromatic nitrogens is 2. The number of amides is 2. The zero-order valence-electron chi connectivity index (χ0n) is 14.9. The van der Waals surface area contributed by atoms with Crippen molar-refractivity contribution in [3.05, 3.63) is 66.5 Å². The molecule has 2 N–H and O–H groups in total. The molecule has 6 nitrogen and oxygen atoms in total. The number of hydrogen-bond donors (Lipinski definition) is 2. The number of nitrogens with zero attached hydrogens (tertiary/aromatic N) is 2. The first-order chi connectivity index (χ1) is 12.7. The van der Waals surface area contributed by atoms with Crippen LogP contribution in [0.4, 0.5) is 10.5 Å². The number of urea groups is 1. The number of aromatic amines is 1. The minimum atomic E-state index is -0.164. The molecule has 1 aromatic heterocycles. The normalized spacial score (nSPS) is 10.4. The van der Waals surface area contributed by atoms with Crippen molar-refractivity contribution in [2.24, 2.45) is 0 Å². The maximum absolute atomic E-state index is 12.4. The summed E-state index contributed by atoms with van der Waals surface area (Å²) >= 11 is 0. The van der Waals surface area contributed by atoms with Gasteiger partial charge in [0.05, 0.1) is 12.8 Å². The number of ether oxygens (including phenoxy) is 1. The van der Waals surface area contributed by atoms with Crippen LogP contribution in [0.1, 0.15) is 12.5 Å². The van der Waals surface area contributed by atoms with Crippen LogP contribution >= 0.6 is 0 Å². The van der Waals surface area contributed by atoms with Crippen molar-refractivity contribution < 1.29 is 9.53 Å². The second-order valence-electron chi connectivity index (χ2n) is 5.93. The van der Waals surface area contributed by atoms with Crippen LogP contribution in [-0.4, -0.2) is 34.8 Å². The van der Waals surface area contributed by atoms with E-state index in [-0.39, 0.29) is 6.03 Å². The lowest BCUT2D eigenvalue weighted by atomic mass is 10.1. The fourth-order valence-corrected chi connectivity index (χ4v) is 2.62. The minimum absolute atomic E-state index is 0.164. The Kier molecular flexibility index (Phi) is 5.53. The second kappa shape index (κ2) is 8.20. The van der Waals surface area contributed by atoms with E-state index in [1.165, 1.54) is 0 Å². The summed E-state index contributed by atoms with van der Waals surface area (Å²) in [7, 11) is 1.77. The van der Waals surface area contributed by atoms with Gasteiger partial charge in [0.2, 0.25) is 0 Å². The minimum Gasteiger partial charge on any atom is -0.494 e. The van der Waals surface area contributed by atoms with Crippen molar-refractivity contribution >= 4 is 11.7 Å². The SMILES string of the molecule is CCOc1cccc(CN(C)C(=O)Nc2ccc(-c3cn[nH]c3)cc2)c1. The molecule has 0 spiro atoms. The number of carbonyl (C=O) groups is 1. The Bertz CT molecular complexity index is 845. The van der Waals surface area contributed by atoms with E-state index in [0.717, 1.165) is 28.1 Å². The van der Waals surface area contributed by atoms with Crippen LogP contribution in [-0.2, 0) is 6.54 Å². The molecule has 0 atom stereocenters. The smallest absolute Gasteiger partial charge is 0.321 e. The predicted octanol–water partition coefficient (Wildman–Crippen LogP) is 4.14. The molecule has 3 rings (SSSR count). The molecular formula is C20H22N4O2. The second-order valence-corrected chi connectivity index (χ2v) is 5.93. The van der Waals surface area contributed by atoms with E-state index >= 15 is 0 Å². The molecule has 1 heterocycles. The van der Waals surface area contributed by atoms with Gasteiger partial charge in [0.15, 0.2) is 0 Å². The third-order valence-corrected chi connectivity index (χ3v) is 3.94. The van der Waals surface area contributed by atoms with Crippen LogP contribution in [0, 0.1) is 0 Å². The fourth-order valence-electron chi connectivity index (χ4n) is 2.62. The van der Waals surface area contributed by atoms with E-state index in [9.17, 15) is 4.79 Å². The summed E-state index contributed by atoms with van der Waals surface area (Å²) in [5, 5.41) is 9.64. The quantitative estimate of drug-likeness (QED) is 0.702. The first-order valence-corrected chi connectivity index (χ1v) is 8.49. The van der Waals surface area contributed by atoms with E-state index in [2.05, 4.69) is 15.5 Å². The molecule has 2 amide bonds. The van der Waals surface area contributed by atoms with Crippen molar-refractivity contribution in [2.45, 2.75) is 13.5 Å². The number of nitrogens with one attached hydrogen (secondary N) is 2. The number of benzene rings is 2. The van der Waals surface area contributed by atoms with Gasteiger partial charge in [0, 0.05) is 31.0 Å². The van der Waals surface area contributed by atoms with Crippen LogP contribution in [0.3, 0.4) is 0 Å². The van der Waals surface area contributed by atoms with Gasteiger partial charge in [-0.2, -0.15) is 5.10 Å². The van der Waals surface area contributed by atoms with Gasteiger partial charge < -0.3 is 15.0 Å². The van der Waals surface area contributed by atoms with E-state index < -0.39 is 0 Å². The summed E-state index contributed by atoms with van der Waals surface area (Å²) in [5.74, 6) is 0.814. The van der Waals surface area contributed by atoms with Crippen molar-refractivity contribution in [1.29, 1.82) is 0 Å². The molecule has 2 aromatic carbocycles. The third kappa shape index (κ3) is 4.42. The molecule has 6 heteroatoms. The van der Waals surface area contributed by atoms with Crippen LogP contribution in [0.2, 0.25) is 0 Å². The van der Waals surface area contributed by atoms with Crippen molar-refractivity contribution in [1.82, 2.24) is 15.1 Å². The lowest BCUT2D eigenvalue weighted by molar-refractivity contribution is 0.220. The van der Waals surface area contributed by atoms with E-state index in [0.29, 0.717) is 13.2 Å². The number of anilines is 1. The summed E-state index contributed by atoms with van der Waals surface area (Å²) in [6, 6.07) is 15.3. The number of H-pyrrole nitrogens is 1. The number of carbonyl (C=O) groups excluding carboxylic acids is 1. The van der Waals surface area contributed by atoms with Crippen molar-refractivity contribution in [3.8, 4) is 16.9 Å². The Morgan fingerprint density at radius 2 is 2.00 bits per heavy atom. The first kappa shape index (κ1) is 17.5. The topological polar surface area (TPSA) is 70.2 Å². The number of hydrogen-bond acceptors (Lipinski definition) is 3. The van der Waals surface area contributed by atoms with Gasteiger partial charge >= 0.3 is 6.03 Å². The average molecular weight is 350 g/mol. The molecule has 0 saturated carbocycles. The van der Waals surface area contributed by atoms with Gasteiger partial charge in [-0.1, -0.05) is 24.3 Å². The van der Waals surface area contributed by atoms with Gasteiger partial charge in [-0.15, -0.1) is 0 Å². The maximum atomic E-state index is 12.4. The fraction of sp³-hybridized carbons (Fsp3) is 0.200. The van der Waals surface area contributed by atoms with Gasteiger partial charge in [0.1, 0.15) is 5.75 Å². The van der Waals surface area contributed by atoms with E-state index in [1.54, 1.807) is 18.1 Å². The highest BCUT2D eigenvalue weighted by Gasteiger charge is 2.10. The molecule has 0 radical (unpaired) electrons. The Labute approximate surface area is 152 Å². The van der Waals surface area contributed by atoms with E-state index in [1.807, 2.05) is 61.7 Å². The average Bonchev–Trinajstić information content (AvgIpc) is 3.17. The Balaban J connectivity index is 1.59. The highest BCUT2D eigenvalue weighted by molar-refractivity contribution is 5.89. The van der Waals surface area contributed by atoms with Crippen LogP contribution in [0.15, 0.2) is 60.9 Å².